The molecule has 0 saturated heterocycles. The number of para-hydroxylation sites is 1. The molecule has 25 heavy (non-hydrogen) atoms. The maximum absolute atomic E-state index is 12.7. The highest BCUT2D eigenvalue weighted by atomic mass is 35.5. The second kappa shape index (κ2) is 7.06. The largest absolute Gasteiger partial charge is 0.347 e. The molecule has 0 atom stereocenters. The SMILES string of the molecule is Cc1ccccc1NS(=O)(=O)c1cc(C(=O)NC(C)(C)C)ccc1Cl. The number of rotatable bonds is 4. The van der Waals surface area contributed by atoms with Crippen LogP contribution in [0, 0.1) is 6.92 Å². The van der Waals surface area contributed by atoms with Gasteiger partial charge in [0.1, 0.15) is 4.90 Å². The highest BCUT2D eigenvalue weighted by Crippen LogP contribution is 2.26. The molecule has 2 N–H and O–H groups in total. The van der Waals surface area contributed by atoms with Crippen LogP contribution in [0.4, 0.5) is 5.69 Å². The van der Waals surface area contributed by atoms with Gasteiger partial charge >= 0.3 is 0 Å². The van der Waals surface area contributed by atoms with Gasteiger partial charge in [-0.3, -0.25) is 9.52 Å². The van der Waals surface area contributed by atoms with Crippen molar-refractivity contribution in [3.05, 3.63) is 58.6 Å². The van der Waals surface area contributed by atoms with Gasteiger partial charge in [-0.15, -0.1) is 0 Å². The minimum Gasteiger partial charge on any atom is -0.347 e. The van der Waals surface area contributed by atoms with E-state index in [2.05, 4.69) is 10.0 Å². The average Bonchev–Trinajstić information content (AvgIpc) is 2.48. The first-order valence-electron chi connectivity index (χ1n) is 7.70. The molecule has 7 heteroatoms. The molecule has 2 aromatic rings. The Bertz CT molecular complexity index is 903. The van der Waals surface area contributed by atoms with Crippen molar-refractivity contribution >= 4 is 33.2 Å². The Balaban J connectivity index is 2.39. The maximum Gasteiger partial charge on any atom is 0.263 e. The topological polar surface area (TPSA) is 75.3 Å². The first-order valence-corrected chi connectivity index (χ1v) is 9.56. The average molecular weight is 381 g/mol. The Labute approximate surface area is 153 Å². The number of benzene rings is 2. The molecule has 0 saturated carbocycles. The third-order valence-electron chi connectivity index (χ3n) is 3.36. The lowest BCUT2D eigenvalue weighted by Crippen LogP contribution is -2.40. The van der Waals surface area contributed by atoms with Crippen LogP contribution in [0.1, 0.15) is 36.7 Å². The summed E-state index contributed by atoms with van der Waals surface area (Å²) in [6, 6.07) is 11.2. The van der Waals surface area contributed by atoms with Gasteiger partial charge < -0.3 is 5.32 Å². The third-order valence-corrected chi connectivity index (χ3v) is 5.21. The fourth-order valence-corrected chi connectivity index (χ4v) is 3.81. The van der Waals surface area contributed by atoms with Crippen molar-refractivity contribution in [2.75, 3.05) is 4.72 Å². The highest BCUT2D eigenvalue weighted by Gasteiger charge is 2.22. The Morgan fingerprint density at radius 3 is 2.32 bits per heavy atom. The van der Waals surface area contributed by atoms with Crippen LogP contribution in [0.25, 0.3) is 0 Å². The van der Waals surface area contributed by atoms with E-state index in [0.29, 0.717) is 5.69 Å². The second-order valence-corrected chi connectivity index (χ2v) is 8.83. The lowest BCUT2D eigenvalue weighted by atomic mass is 10.1. The zero-order valence-electron chi connectivity index (χ0n) is 14.6. The van der Waals surface area contributed by atoms with Crippen molar-refractivity contribution in [2.24, 2.45) is 0 Å². The van der Waals surface area contributed by atoms with Crippen molar-refractivity contribution in [3.63, 3.8) is 0 Å². The van der Waals surface area contributed by atoms with Gasteiger partial charge in [-0.05, 0) is 57.5 Å². The number of hydrogen-bond donors (Lipinski definition) is 2. The smallest absolute Gasteiger partial charge is 0.263 e. The van der Waals surface area contributed by atoms with E-state index in [0.717, 1.165) is 5.56 Å². The molecule has 0 aromatic heterocycles. The number of anilines is 1. The van der Waals surface area contributed by atoms with E-state index >= 15 is 0 Å². The van der Waals surface area contributed by atoms with E-state index in [9.17, 15) is 13.2 Å². The summed E-state index contributed by atoms with van der Waals surface area (Å²) in [4.78, 5) is 12.2. The maximum atomic E-state index is 12.7. The molecule has 0 bridgehead atoms. The van der Waals surface area contributed by atoms with Gasteiger partial charge in [-0.25, -0.2) is 8.42 Å². The summed E-state index contributed by atoms with van der Waals surface area (Å²) < 4.78 is 27.9. The first-order chi connectivity index (χ1) is 11.5. The Hall–Kier alpha value is -2.05. The molecule has 134 valence electrons. The van der Waals surface area contributed by atoms with E-state index in [1.165, 1.54) is 18.2 Å². The molecule has 0 aliphatic rings. The third kappa shape index (κ3) is 4.96. The van der Waals surface area contributed by atoms with E-state index in [-0.39, 0.29) is 21.4 Å². The highest BCUT2D eigenvalue weighted by molar-refractivity contribution is 7.92. The summed E-state index contributed by atoms with van der Waals surface area (Å²) >= 11 is 6.07. The summed E-state index contributed by atoms with van der Waals surface area (Å²) in [6.45, 7) is 7.33. The van der Waals surface area contributed by atoms with Crippen molar-refractivity contribution in [3.8, 4) is 0 Å². The van der Waals surface area contributed by atoms with Gasteiger partial charge in [0.2, 0.25) is 0 Å². The van der Waals surface area contributed by atoms with E-state index < -0.39 is 15.6 Å². The normalized spacial score (nSPS) is 11.9. The molecule has 1 amide bonds. The van der Waals surface area contributed by atoms with Crippen molar-refractivity contribution < 1.29 is 13.2 Å². The number of hydrogen-bond acceptors (Lipinski definition) is 3. The van der Waals surface area contributed by atoms with Gasteiger partial charge in [0, 0.05) is 11.1 Å². The standard InChI is InChI=1S/C18H21ClN2O3S/c1-12-7-5-6-8-15(12)21-25(23,24)16-11-13(9-10-14(16)19)17(22)20-18(2,3)4/h5-11,21H,1-4H3,(H,20,22). The summed E-state index contributed by atoms with van der Waals surface area (Å²) in [6.07, 6.45) is 0. The number of carbonyl (C=O) groups is 1. The lowest BCUT2D eigenvalue weighted by molar-refractivity contribution is 0.0919. The number of halogens is 1. The van der Waals surface area contributed by atoms with Crippen LogP contribution in [0.2, 0.25) is 5.02 Å². The molecule has 0 unspecified atom stereocenters. The molecule has 0 radical (unpaired) electrons. The van der Waals surface area contributed by atoms with E-state index in [4.69, 9.17) is 11.6 Å². The number of sulfonamides is 1. The van der Waals surface area contributed by atoms with E-state index in [1.54, 1.807) is 25.1 Å². The molecule has 2 aromatic carbocycles. The van der Waals surface area contributed by atoms with Crippen LogP contribution in [0.3, 0.4) is 0 Å². The summed E-state index contributed by atoms with van der Waals surface area (Å²) in [7, 11) is -3.93. The molecular formula is C18H21ClN2O3S. The summed E-state index contributed by atoms with van der Waals surface area (Å²) in [5.74, 6) is -0.364. The number of carbonyl (C=O) groups excluding carboxylic acids is 1. The Kier molecular flexibility index (Phi) is 5.44. The van der Waals surface area contributed by atoms with Gasteiger partial charge in [-0.1, -0.05) is 29.8 Å². The van der Waals surface area contributed by atoms with Crippen molar-refractivity contribution in [2.45, 2.75) is 38.1 Å². The van der Waals surface area contributed by atoms with Gasteiger partial charge in [0.15, 0.2) is 0 Å². The van der Waals surface area contributed by atoms with Crippen LogP contribution >= 0.6 is 11.6 Å². The number of aryl methyl sites for hydroxylation is 1. The molecule has 5 nitrogen and oxygen atoms in total. The first kappa shape index (κ1) is 19.3. The van der Waals surface area contributed by atoms with Crippen LogP contribution in [0.15, 0.2) is 47.4 Å². The predicted molar refractivity (Wildman–Crippen MR) is 101 cm³/mol. The van der Waals surface area contributed by atoms with Crippen LogP contribution < -0.4 is 10.0 Å². The Morgan fingerprint density at radius 1 is 1.08 bits per heavy atom. The number of amides is 1. The molecular weight excluding hydrogens is 360 g/mol. The van der Waals surface area contributed by atoms with Gasteiger partial charge in [-0.2, -0.15) is 0 Å². The molecule has 0 heterocycles. The van der Waals surface area contributed by atoms with Crippen LogP contribution in [0.5, 0.6) is 0 Å². The minimum atomic E-state index is -3.93. The predicted octanol–water partition coefficient (Wildman–Crippen LogP) is 3.98. The van der Waals surface area contributed by atoms with Crippen molar-refractivity contribution in [1.82, 2.24) is 5.32 Å². The van der Waals surface area contributed by atoms with Crippen LogP contribution in [-0.2, 0) is 10.0 Å². The quantitative estimate of drug-likeness (QED) is 0.842. The van der Waals surface area contributed by atoms with Gasteiger partial charge in [0.05, 0.1) is 10.7 Å². The molecule has 0 aliphatic heterocycles. The molecule has 0 aliphatic carbocycles. The monoisotopic (exact) mass is 380 g/mol. The second-order valence-electron chi connectivity index (χ2n) is 6.77. The number of nitrogens with one attached hydrogen (secondary N) is 2. The zero-order chi connectivity index (χ0) is 18.8. The van der Waals surface area contributed by atoms with E-state index in [1.807, 2.05) is 26.8 Å². The lowest BCUT2D eigenvalue weighted by Gasteiger charge is -2.21. The fourth-order valence-electron chi connectivity index (χ4n) is 2.15. The molecule has 0 fully saturated rings. The molecule has 2 rings (SSSR count). The van der Waals surface area contributed by atoms with Crippen molar-refractivity contribution in [1.29, 1.82) is 0 Å². The van der Waals surface area contributed by atoms with Crippen LogP contribution in [-0.4, -0.2) is 19.9 Å². The zero-order valence-corrected chi connectivity index (χ0v) is 16.1. The molecule has 0 spiro atoms. The Morgan fingerprint density at radius 2 is 1.72 bits per heavy atom. The fraction of sp³-hybridized carbons (Fsp3) is 0.278. The summed E-state index contributed by atoms with van der Waals surface area (Å²) in [5.41, 5.74) is 1.03. The minimum absolute atomic E-state index is 0.0494. The van der Waals surface area contributed by atoms with Gasteiger partial charge in [0.25, 0.3) is 15.9 Å². The summed E-state index contributed by atoms with van der Waals surface area (Å²) in [5, 5.41) is 2.84.